The lowest BCUT2D eigenvalue weighted by molar-refractivity contribution is -0.116. The lowest BCUT2D eigenvalue weighted by Gasteiger charge is -2.13. The molecule has 0 fully saturated rings. The molecule has 0 spiro atoms. The molecule has 0 saturated carbocycles. The number of hydrogen-bond acceptors (Lipinski definition) is 4. The van der Waals surface area contributed by atoms with E-state index in [1.807, 2.05) is 32.0 Å². The molecule has 0 atom stereocenters. The molecule has 146 valence electrons. The summed E-state index contributed by atoms with van der Waals surface area (Å²) in [5.74, 6) is 0.0729. The van der Waals surface area contributed by atoms with E-state index in [4.69, 9.17) is 16.1 Å². The van der Waals surface area contributed by atoms with E-state index in [0.717, 1.165) is 33.8 Å². The number of aryl methyl sites for hydroxylation is 3. The second-order valence-corrected chi connectivity index (χ2v) is 6.91. The maximum Gasteiger partial charge on any atom is 0.224 e. The third-order valence-electron chi connectivity index (χ3n) is 4.51. The van der Waals surface area contributed by atoms with Crippen LogP contribution in [0.15, 0.2) is 40.9 Å². The van der Waals surface area contributed by atoms with Crippen LogP contribution in [0.25, 0.3) is 11.1 Å². The molecule has 0 radical (unpaired) electrons. The van der Waals surface area contributed by atoms with E-state index >= 15 is 0 Å². The zero-order valence-electron chi connectivity index (χ0n) is 15.9. The van der Waals surface area contributed by atoms with Crippen molar-refractivity contribution in [1.29, 1.82) is 0 Å². The molecular formula is C21H21ClFN3O2. The van der Waals surface area contributed by atoms with Crippen molar-refractivity contribution in [3.05, 3.63) is 64.3 Å². The minimum absolute atomic E-state index is 0.0722. The van der Waals surface area contributed by atoms with Gasteiger partial charge in [-0.1, -0.05) is 28.9 Å². The van der Waals surface area contributed by atoms with Crippen molar-refractivity contribution in [2.24, 2.45) is 0 Å². The topological polar surface area (TPSA) is 67.2 Å². The van der Waals surface area contributed by atoms with Crippen molar-refractivity contribution >= 4 is 28.9 Å². The zero-order valence-corrected chi connectivity index (χ0v) is 16.7. The van der Waals surface area contributed by atoms with E-state index in [-0.39, 0.29) is 17.4 Å². The van der Waals surface area contributed by atoms with Gasteiger partial charge in [0.1, 0.15) is 11.6 Å². The highest BCUT2D eigenvalue weighted by atomic mass is 35.5. The van der Waals surface area contributed by atoms with Crippen LogP contribution < -0.4 is 10.6 Å². The standard InChI is InChI=1S/C21H21ClFN3O2/c1-12-21(13(2)28-26-12)15-6-8-18(24-3)19(11-15)25-20(27)9-5-14-4-7-16(22)17(23)10-14/h4,6-8,10-11,24H,5,9H2,1-3H3,(H,25,27). The summed E-state index contributed by atoms with van der Waals surface area (Å²) in [6, 6.07) is 10.3. The van der Waals surface area contributed by atoms with Crippen molar-refractivity contribution in [1.82, 2.24) is 5.16 Å². The molecule has 0 aliphatic carbocycles. The Kier molecular flexibility index (Phi) is 5.99. The number of hydrogen-bond donors (Lipinski definition) is 2. The number of benzene rings is 2. The Morgan fingerprint density at radius 2 is 1.96 bits per heavy atom. The van der Waals surface area contributed by atoms with Gasteiger partial charge in [0.25, 0.3) is 0 Å². The quantitative estimate of drug-likeness (QED) is 0.583. The molecule has 0 aliphatic rings. The van der Waals surface area contributed by atoms with Crippen molar-refractivity contribution in [3.8, 4) is 11.1 Å². The Morgan fingerprint density at radius 1 is 1.18 bits per heavy atom. The molecule has 0 bridgehead atoms. The van der Waals surface area contributed by atoms with Crippen molar-refractivity contribution < 1.29 is 13.7 Å². The van der Waals surface area contributed by atoms with E-state index in [1.54, 1.807) is 13.1 Å². The average Bonchev–Trinajstić information content (AvgIpc) is 3.01. The highest BCUT2D eigenvalue weighted by Crippen LogP contribution is 2.32. The number of aromatic nitrogens is 1. The van der Waals surface area contributed by atoms with Gasteiger partial charge in [-0.2, -0.15) is 0 Å². The van der Waals surface area contributed by atoms with Gasteiger partial charge in [0, 0.05) is 19.0 Å². The number of anilines is 2. The Balaban J connectivity index is 1.75. The van der Waals surface area contributed by atoms with Crippen LogP contribution in [0.5, 0.6) is 0 Å². The van der Waals surface area contributed by atoms with Crippen LogP contribution in [-0.2, 0) is 11.2 Å². The van der Waals surface area contributed by atoms with E-state index in [9.17, 15) is 9.18 Å². The van der Waals surface area contributed by atoms with Crippen LogP contribution in [0.1, 0.15) is 23.4 Å². The zero-order chi connectivity index (χ0) is 20.3. The van der Waals surface area contributed by atoms with E-state index in [0.29, 0.717) is 12.1 Å². The maximum absolute atomic E-state index is 13.5. The highest BCUT2D eigenvalue weighted by Gasteiger charge is 2.14. The summed E-state index contributed by atoms with van der Waals surface area (Å²) in [6.07, 6.45) is 0.637. The van der Waals surface area contributed by atoms with Gasteiger partial charge in [-0.3, -0.25) is 4.79 Å². The van der Waals surface area contributed by atoms with Gasteiger partial charge in [-0.05, 0) is 55.7 Å². The third-order valence-corrected chi connectivity index (χ3v) is 4.82. The van der Waals surface area contributed by atoms with Crippen LogP contribution in [0, 0.1) is 19.7 Å². The van der Waals surface area contributed by atoms with Gasteiger partial charge in [0.2, 0.25) is 5.91 Å². The Labute approximate surface area is 167 Å². The van der Waals surface area contributed by atoms with Crippen LogP contribution in [0.3, 0.4) is 0 Å². The first-order valence-electron chi connectivity index (χ1n) is 8.88. The van der Waals surface area contributed by atoms with Crippen LogP contribution in [-0.4, -0.2) is 18.1 Å². The molecule has 0 unspecified atom stereocenters. The first kappa shape index (κ1) is 19.9. The monoisotopic (exact) mass is 401 g/mol. The number of nitrogens with zero attached hydrogens (tertiary/aromatic N) is 1. The van der Waals surface area contributed by atoms with Crippen molar-refractivity contribution in [2.75, 3.05) is 17.7 Å². The van der Waals surface area contributed by atoms with Gasteiger partial charge in [-0.15, -0.1) is 0 Å². The van der Waals surface area contributed by atoms with Crippen molar-refractivity contribution in [2.45, 2.75) is 26.7 Å². The molecule has 7 heteroatoms. The molecule has 0 aliphatic heterocycles. The number of carbonyl (C=O) groups excluding carboxylic acids is 1. The summed E-state index contributed by atoms with van der Waals surface area (Å²) in [4.78, 5) is 12.4. The maximum atomic E-state index is 13.5. The molecule has 28 heavy (non-hydrogen) atoms. The molecule has 3 rings (SSSR count). The molecule has 2 aromatic carbocycles. The van der Waals surface area contributed by atoms with E-state index < -0.39 is 5.82 Å². The first-order chi connectivity index (χ1) is 13.4. The second kappa shape index (κ2) is 8.44. The number of amides is 1. The average molecular weight is 402 g/mol. The fraction of sp³-hybridized carbons (Fsp3) is 0.238. The number of carbonyl (C=O) groups is 1. The minimum atomic E-state index is -0.482. The number of halogens is 2. The van der Waals surface area contributed by atoms with Crippen LogP contribution >= 0.6 is 11.6 Å². The summed E-state index contributed by atoms with van der Waals surface area (Å²) in [7, 11) is 1.79. The molecule has 3 aromatic rings. The SMILES string of the molecule is CNc1ccc(-c2c(C)noc2C)cc1NC(=O)CCc1ccc(Cl)c(F)c1. The molecular weight excluding hydrogens is 381 g/mol. The van der Waals surface area contributed by atoms with Crippen molar-refractivity contribution in [3.63, 3.8) is 0 Å². The summed E-state index contributed by atoms with van der Waals surface area (Å²) < 4.78 is 18.8. The number of nitrogens with one attached hydrogen (secondary N) is 2. The summed E-state index contributed by atoms with van der Waals surface area (Å²) in [5, 5.41) is 10.1. The molecule has 2 N–H and O–H groups in total. The normalized spacial score (nSPS) is 10.8. The Hall–Kier alpha value is -2.86. The van der Waals surface area contributed by atoms with E-state index in [1.165, 1.54) is 12.1 Å². The lowest BCUT2D eigenvalue weighted by Crippen LogP contribution is -2.13. The first-order valence-corrected chi connectivity index (χ1v) is 9.25. The van der Waals surface area contributed by atoms with E-state index in [2.05, 4.69) is 15.8 Å². The predicted molar refractivity (Wildman–Crippen MR) is 109 cm³/mol. The fourth-order valence-electron chi connectivity index (χ4n) is 3.08. The Bertz CT molecular complexity index is 997. The van der Waals surface area contributed by atoms with Gasteiger partial charge in [0.15, 0.2) is 0 Å². The number of rotatable bonds is 6. The smallest absolute Gasteiger partial charge is 0.224 e. The molecule has 1 amide bonds. The molecule has 1 heterocycles. The van der Waals surface area contributed by atoms with Crippen LogP contribution in [0.4, 0.5) is 15.8 Å². The Morgan fingerprint density at radius 3 is 2.61 bits per heavy atom. The minimum Gasteiger partial charge on any atom is -0.386 e. The van der Waals surface area contributed by atoms with Gasteiger partial charge >= 0.3 is 0 Å². The summed E-state index contributed by atoms with van der Waals surface area (Å²) in [5.41, 5.74) is 4.78. The summed E-state index contributed by atoms with van der Waals surface area (Å²) >= 11 is 5.69. The third kappa shape index (κ3) is 4.34. The molecule has 0 saturated heterocycles. The van der Waals surface area contributed by atoms with Gasteiger partial charge in [0.05, 0.1) is 22.1 Å². The molecule has 5 nitrogen and oxygen atoms in total. The second-order valence-electron chi connectivity index (χ2n) is 6.51. The van der Waals surface area contributed by atoms with Gasteiger partial charge < -0.3 is 15.2 Å². The lowest BCUT2D eigenvalue weighted by atomic mass is 10.0. The van der Waals surface area contributed by atoms with Crippen LogP contribution in [0.2, 0.25) is 5.02 Å². The molecule has 1 aromatic heterocycles. The highest BCUT2D eigenvalue weighted by molar-refractivity contribution is 6.30. The van der Waals surface area contributed by atoms with Gasteiger partial charge in [-0.25, -0.2) is 4.39 Å². The predicted octanol–water partition coefficient (Wildman–Crippen LogP) is 5.36. The fourth-order valence-corrected chi connectivity index (χ4v) is 3.20. The summed E-state index contributed by atoms with van der Waals surface area (Å²) in [6.45, 7) is 3.73. The largest absolute Gasteiger partial charge is 0.386 e.